The van der Waals surface area contributed by atoms with E-state index in [0.29, 0.717) is 19.6 Å². The Labute approximate surface area is 187 Å². The Balaban J connectivity index is 1.47. The van der Waals surface area contributed by atoms with E-state index in [-0.39, 0.29) is 24.0 Å². The van der Waals surface area contributed by atoms with Crippen LogP contribution in [0.3, 0.4) is 0 Å². The maximum Gasteiger partial charge on any atom is 0.315 e. The van der Waals surface area contributed by atoms with Crippen LogP contribution >= 0.6 is 0 Å². The van der Waals surface area contributed by atoms with E-state index in [0.717, 1.165) is 24.3 Å². The van der Waals surface area contributed by atoms with Crippen LogP contribution in [0.15, 0.2) is 24.3 Å². The fourth-order valence-corrected chi connectivity index (χ4v) is 4.66. The predicted molar refractivity (Wildman–Crippen MR) is 125 cm³/mol. The quantitative estimate of drug-likeness (QED) is 0.679. The van der Waals surface area contributed by atoms with Gasteiger partial charge in [-0.2, -0.15) is 0 Å². The SMILES string of the molecule is CCOc1ccc(N2CC(NC(=O)NC3CCCCCCCCCCC3)CC2=O)cc1. The van der Waals surface area contributed by atoms with Crippen LogP contribution in [0.5, 0.6) is 5.75 Å². The van der Waals surface area contributed by atoms with Crippen LogP contribution in [-0.4, -0.2) is 37.2 Å². The lowest BCUT2D eigenvalue weighted by molar-refractivity contribution is -0.117. The summed E-state index contributed by atoms with van der Waals surface area (Å²) in [5.41, 5.74) is 0.845. The van der Waals surface area contributed by atoms with Gasteiger partial charge in [-0.1, -0.05) is 57.8 Å². The summed E-state index contributed by atoms with van der Waals surface area (Å²) < 4.78 is 5.47. The molecule has 3 amide bonds. The fraction of sp³-hybridized carbons (Fsp3) is 0.680. The third-order valence-corrected chi connectivity index (χ3v) is 6.36. The van der Waals surface area contributed by atoms with Gasteiger partial charge in [0.15, 0.2) is 0 Å². The summed E-state index contributed by atoms with van der Waals surface area (Å²) >= 11 is 0. The first-order valence-corrected chi connectivity index (χ1v) is 12.3. The van der Waals surface area contributed by atoms with E-state index in [4.69, 9.17) is 4.74 Å². The van der Waals surface area contributed by atoms with E-state index >= 15 is 0 Å². The van der Waals surface area contributed by atoms with Crippen molar-refractivity contribution in [2.45, 2.75) is 96.1 Å². The summed E-state index contributed by atoms with van der Waals surface area (Å²) in [5, 5.41) is 6.23. The minimum atomic E-state index is -0.162. The first-order chi connectivity index (χ1) is 15.2. The minimum Gasteiger partial charge on any atom is -0.494 e. The molecule has 1 saturated carbocycles. The van der Waals surface area contributed by atoms with Crippen LogP contribution in [0.25, 0.3) is 0 Å². The third kappa shape index (κ3) is 7.75. The molecule has 1 aromatic rings. The van der Waals surface area contributed by atoms with E-state index in [9.17, 15) is 9.59 Å². The van der Waals surface area contributed by atoms with Gasteiger partial charge in [0, 0.05) is 24.7 Å². The molecule has 1 aliphatic heterocycles. The number of rotatable bonds is 5. The molecule has 1 heterocycles. The largest absolute Gasteiger partial charge is 0.494 e. The van der Waals surface area contributed by atoms with Crippen molar-refractivity contribution in [2.24, 2.45) is 0 Å². The van der Waals surface area contributed by atoms with Gasteiger partial charge in [-0.25, -0.2) is 4.79 Å². The van der Waals surface area contributed by atoms with Crippen LogP contribution in [0.1, 0.15) is 84.0 Å². The number of hydrogen-bond donors (Lipinski definition) is 2. The van der Waals surface area contributed by atoms with E-state index in [2.05, 4.69) is 10.6 Å². The number of anilines is 1. The van der Waals surface area contributed by atoms with Crippen molar-refractivity contribution in [3.8, 4) is 5.75 Å². The molecule has 6 nitrogen and oxygen atoms in total. The maximum atomic E-state index is 12.6. The number of carbonyl (C=O) groups excluding carboxylic acids is 2. The second kappa shape index (κ2) is 12.6. The highest BCUT2D eigenvalue weighted by Crippen LogP contribution is 2.24. The third-order valence-electron chi connectivity index (χ3n) is 6.36. The summed E-state index contributed by atoms with van der Waals surface area (Å²) in [4.78, 5) is 26.9. The van der Waals surface area contributed by atoms with Crippen molar-refractivity contribution in [3.63, 3.8) is 0 Å². The fourth-order valence-electron chi connectivity index (χ4n) is 4.66. The minimum absolute atomic E-state index is 0.0421. The van der Waals surface area contributed by atoms with Crippen LogP contribution in [-0.2, 0) is 4.79 Å². The van der Waals surface area contributed by atoms with E-state index in [1.807, 2.05) is 31.2 Å². The standard InChI is InChI=1S/C25H39N3O3/c1-2-31-23-16-14-22(15-17-23)28-19-21(18-24(28)29)27-25(30)26-20-12-10-8-6-4-3-5-7-9-11-13-20/h14-17,20-21H,2-13,18-19H2,1H3,(H2,26,27,30). The molecular weight excluding hydrogens is 390 g/mol. The lowest BCUT2D eigenvalue weighted by Gasteiger charge is -2.22. The van der Waals surface area contributed by atoms with Gasteiger partial charge in [-0.3, -0.25) is 4.79 Å². The van der Waals surface area contributed by atoms with Gasteiger partial charge >= 0.3 is 6.03 Å². The van der Waals surface area contributed by atoms with Gasteiger partial charge < -0.3 is 20.3 Å². The number of nitrogens with zero attached hydrogens (tertiary/aromatic N) is 1. The Hall–Kier alpha value is -2.24. The van der Waals surface area contributed by atoms with Crippen molar-refractivity contribution < 1.29 is 14.3 Å². The molecule has 1 atom stereocenters. The molecule has 1 unspecified atom stereocenters. The van der Waals surface area contributed by atoms with Crippen LogP contribution < -0.4 is 20.3 Å². The summed E-state index contributed by atoms with van der Waals surface area (Å²) in [6.07, 6.45) is 14.0. The number of carbonyl (C=O) groups is 2. The number of nitrogens with one attached hydrogen (secondary N) is 2. The topological polar surface area (TPSA) is 70.7 Å². The predicted octanol–water partition coefficient (Wildman–Crippen LogP) is 5.16. The molecule has 2 aliphatic rings. The number of ether oxygens (including phenoxy) is 1. The molecule has 0 bridgehead atoms. The average Bonchev–Trinajstić information content (AvgIpc) is 3.10. The highest BCUT2D eigenvalue weighted by Gasteiger charge is 2.31. The summed E-state index contributed by atoms with van der Waals surface area (Å²) in [6, 6.07) is 7.49. The number of benzene rings is 1. The van der Waals surface area contributed by atoms with Gasteiger partial charge in [-0.15, -0.1) is 0 Å². The zero-order valence-electron chi connectivity index (χ0n) is 19.0. The second-order valence-corrected chi connectivity index (χ2v) is 8.91. The summed E-state index contributed by atoms with van der Waals surface area (Å²) in [6.45, 7) is 3.07. The molecule has 0 aromatic heterocycles. The van der Waals surface area contributed by atoms with Gasteiger partial charge in [0.2, 0.25) is 5.91 Å². The monoisotopic (exact) mass is 429 g/mol. The molecule has 3 rings (SSSR count). The highest BCUT2D eigenvalue weighted by atomic mass is 16.5. The Morgan fingerprint density at radius 2 is 1.45 bits per heavy atom. The number of hydrogen-bond acceptors (Lipinski definition) is 3. The van der Waals surface area contributed by atoms with E-state index in [1.165, 1.54) is 57.8 Å². The Kier molecular flexibility index (Phi) is 9.50. The molecule has 0 spiro atoms. The maximum absolute atomic E-state index is 12.6. The first-order valence-electron chi connectivity index (χ1n) is 12.3. The smallest absolute Gasteiger partial charge is 0.315 e. The first kappa shape index (κ1) is 23.4. The van der Waals surface area contributed by atoms with Crippen LogP contribution in [0.2, 0.25) is 0 Å². The molecule has 172 valence electrons. The molecule has 2 N–H and O–H groups in total. The lowest BCUT2D eigenvalue weighted by Crippen LogP contribution is -2.47. The Morgan fingerprint density at radius 3 is 2.03 bits per heavy atom. The second-order valence-electron chi connectivity index (χ2n) is 8.91. The number of urea groups is 1. The molecule has 0 radical (unpaired) electrons. The van der Waals surface area contributed by atoms with Crippen molar-refractivity contribution >= 4 is 17.6 Å². The zero-order valence-corrected chi connectivity index (χ0v) is 19.0. The lowest BCUT2D eigenvalue weighted by atomic mass is 9.98. The van der Waals surface area contributed by atoms with Gasteiger partial charge in [0.05, 0.1) is 12.6 Å². The molecular formula is C25H39N3O3. The Morgan fingerprint density at radius 1 is 0.903 bits per heavy atom. The average molecular weight is 430 g/mol. The van der Waals surface area contributed by atoms with E-state index in [1.54, 1.807) is 4.90 Å². The van der Waals surface area contributed by atoms with E-state index < -0.39 is 0 Å². The van der Waals surface area contributed by atoms with Crippen molar-refractivity contribution in [2.75, 3.05) is 18.1 Å². The molecule has 1 aliphatic carbocycles. The molecule has 1 aromatic carbocycles. The normalized spacial score (nSPS) is 21.8. The molecule has 1 saturated heterocycles. The summed E-state index contributed by atoms with van der Waals surface area (Å²) in [7, 11) is 0. The molecule has 6 heteroatoms. The highest BCUT2D eigenvalue weighted by molar-refractivity contribution is 5.96. The van der Waals surface area contributed by atoms with Gasteiger partial charge in [0.1, 0.15) is 5.75 Å². The van der Waals surface area contributed by atoms with Gasteiger partial charge in [0.25, 0.3) is 0 Å². The van der Waals surface area contributed by atoms with Gasteiger partial charge in [-0.05, 0) is 44.0 Å². The molecule has 31 heavy (non-hydrogen) atoms. The van der Waals surface area contributed by atoms with Crippen LogP contribution in [0.4, 0.5) is 10.5 Å². The molecule has 2 fully saturated rings. The van der Waals surface area contributed by atoms with Crippen molar-refractivity contribution in [1.29, 1.82) is 0 Å². The zero-order chi connectivity index (χ0) is 21.9. The van der Waals surface area contributed by atoms with Crippen molar-refractivity contribution in [3.05, 3.63) is 24.3 Å². The van der Waals surface area contributed by atoms with Crippen molar-refractivity contribution in [1.82, 2.24) is 10.6 Å². The Bertz CT molecular complexity index is 680. The number of amides is 3. The summed E-state index contributed by atoms with van der Waals surface area (Å²) in [5.74, 6) is 0.837. The van der Waals surface area contributed by atoms with Crippen LogP contribution in [0, 0.1) is 0 Å².